The Balaban J connectivity index is 1.78. The van der Waals surface area contributed by atoms with Gasteiger partial charge in [-0.25, -0.2) is 4.79 Å². The molecule has 1 aromatic heterocycles. The Morgan fingerprint density at radius 3 is 2.52 bits per heavy atom. The predicted molar refractivity (Wildman–Crippen MR) is 108 cm³/mol. The molecule has 2 aromatic rings. The van der Waals surface area contributed by atoms with Gasteiger partial charge in [0.2, 0.25) is 0 Å². The number of benzene rings is 1. The number of aromatic nitrogens is 2. The summed E-state index contributed by atoms with van der Waals surface area (Å²) in [4.78, 5) is 28.9. The second-order valence-corrected chi connectivity index (χ2v) is 8.18. The zero-order valence-electron chi connectivity index (χ0n) is 17.3. The van der Waals surface area contributed by atoms with Crippen molar-refractivity contribution in [3.8, 4) is 11.5 Å². The topological polar surface area (TPSA) is 79.7 Å². The van der Waals surface area contributed by atoms with Gasteiger partial charge in [0.15, 0.2) is 11.5 Å². The monoisotopic (exact) mass is 400 g/mol. The first-order chi connectivity index (χ1) is 14.0. The molecule has 7 heteroatoms. The van der Waals surface area contributed by atoms with Crippen LogP contribution in [0.25, 0.3) is 10.9 Å². The minimum atomic E-state index is -0.364. The molecule has 3 unspecified atom stereocenters. The van der Waals surface area contributed by atoms with E-state index in [9.17, 15) is 9.59 Å². The van der Waals surface area contributed by atoms with Gasteiger partial charge in [-0.2, -0.15) is 4.98 Å². The lowest BCUT2D eigenvalue weighted by molar-refractivity contribution is -0.140. The smallest absolute Gasteiger partial charge is 0.348 e. The van der Waals surface area contributed by atoms with Crippen molar-refractivity contribution < 1.29 is 19.0 Å². The van der Waals surface area contributed by atoms with E-state index in [0.29, 0.717) is 22.9 Å². The van der Waals surface area contributed by atoms with E-state index in [1.165, 1.54) is 37.4 Å². The van der Waals surface area contributed by atoms with Gasteiger partial charge in [0.25, 0.3) is 0 Å². The third-order valence-electron chi connectivity index (χ3n) is 6.67. The third kappa shape index (κ3) is 3.70. The number of hydrogen-bond donors (Lipinski definition) is 0. The summed E-state index contributed by atoms with van der Waals surface area (Å²) in [7, 11) is 4.51. The van der Waals surface area contributed by atoms with E-state index in [0.717, 1.165) is 29.3 Å². The van der Waals surface area contributed by atoms with Crippen LogP contribution < -0.4 is 15.2 Å². The highest BCUT2D eigenvalue weighted by Gasteiger charge is 2.39. The van der Waals surface area contributed by atoms with Crippen molar-refractivity contribution in [2.45, 2.75) is 45.1 Å². The summed E-state index contributed by atoms with van der Waals surface area (Å²) in [6, 6.07) is 3.70. The van der Waals surface area contributed by atoms with E-state index >= 15 is 0 Å². The number of ether oxygens (including phenoxy) is 3. The van der Waals surface area contributed by atoms with Crippen LogP contribution in [0.4, 0.5) is 0 Å². The molecule has 1 heterocycles. The number of aryl methyl sites for hydroxylation is 1. The maximum absolute atomic E-state index is 12.9. The van der Waals surface area contributed by atoms with Crippen LogP contribution in [-0.4, -0.2) is 36.8 Å². The maximum atomic E-state index is 12.9. The molecule has 2 aliphatic carbocycles. The van der Waals surface area contributed by atoms with Crippen LogP contribution in [-0.2, 0) is 22.5 Å². The van der Waals surface area contributed by atoms with Crippen molar-refractivity contribution >= 4 is 16.9 Å². The number of fused-ring (bicyclic) bond motifs is 3. The summed E-state index contributed by atoms with van der Waals surface area (Å²) in [5.74, 6) is 2.96. The fourth-order valence-corrected chi connectivity index (χ4v) is 5.21. The molecule has 7 nitrogen and oxygen atoms in total. The highest BCUT2D eigenvalue weighted by atomic mass is 16.5. The van der Waals surface area contributed by atoms with Crippen LogP contribution in [0.5, 0.6) is 11.5 Å². The van der Waals surface area contributed by atoms with Crippen LogP contribution >= 0.6 is 0 Å². The number of hydrogen-bond acceptors (Lipinski definition) is 6. The van der Waals surface area contributed by atoms with Gasteiger partial charge < -0.3 is 14.2 Å². The zero-order valence-corrected chi connectivity index (χ0v) is 17.3. The van der Waals surface area contributed by atoms with Crippen LogP contribution in [0.15, 0.2) is 16.9 Å². The molecule has 0 N–H and O–H groups in total. The lowest BCUT2D eigenvalue weighted by atomic mass is 9.85. The lowest BCUT2D eigenvalue weighted by Crippen LogP contribution is -2.27. The largest absolute Gasteiger partial charge is 0.493 e. The Bertz CT molecular complexity index is 983. The molecule has 2 saturated carbocycles. The summed E-state index contributed by atoms with van der Waals surface area (Å²) >= 11 is 0. The molecular formula is C22H28N2O5. The molecule has 0 amide bonds. The number of carbonyl (C=O) groups excluding carboxylic acids is 1. The lowest BCUT2D eigenvalue weighted by Gasteiger charge is -2.22. The summed E-state index contributed by atoms with van der Waals surface area (Å²) in [6.45, 7) is 0.207. The molecule has 0 radical (unpaired) electrons. The van der Waals surface area contributed by atoms with Crippen molar-refractivity contribution in [3.63, 3.8) is 0 Å². The highest BCUT2D eigenvalue weighted by molar-refractivity contribution is 5.85. The summed E-state index contributed by atoms with van der Waals surface area (Å²) in [6.07, 6.45) is 6.09. The van der Waals surface area contributed by atoms with Gasteiger partial charge in [0, 0.05) is 18.0 Å². The second-order valence-electron chi connectivity index (χ2n) is 8.18. The molecule has 2 bridgehead atoms. The molecule has 29 heavy (non-hydrogen) atoms. The van der Waals surface area contributed by atoms with Gasteiger partial charge in [0.05, 0.1) is 39.0 Å². The van der Waals surface area contributed by atoms with Crippen molar-refractivity contribution in [3.05, 3.63) is 28.3 Å². The Kier molecular flexibility index (Phi) is 5.48. The number of nitrogens with zero attached hydrogens (tertiary/aromatic N) is 2. The SMILES string of the molecule is COC(=O)CCn1c(=O)nc(CC2CC3CCC2C3)c2cc(OC)c(OC)cc21. The standard InChI is InChI=1S/C22H28N2O5/c1-27-19-11-16-17(10-15-9-13-4-5-14(15)8-13)23-22(26)24(7-6-21(25)29-3)18(16)12-20(19)28-2/h11-15H,4-10H2,1-3H3. The van der Waals surface area contributed by atoms with E-state index < -0.39 is 0 Å². The predicted octanol–water partition coefficient (Wildman–Crippen LogP) is 2.96. The molecule has 1 aromatic carbocycles. The van der Waals surface area contributed by atoms with Gasteiger partial charge >= 0.3 is 11.7 Å². The fraction of sp³-hybridized carbons (Fsp3) is 0.591. The van der Waals surface area contributed by atoms with Crippen molar-refractivity contribution in [2.24, 2.45) is 17.8 Å². The molecule has 2 fully saturated rings. The molecule has 0 saturated heterocycles. The quantitative estimate of drug-likeness (QED) is 0.665. The van der Waals surface area contributed by atoms with Crippen LogP contribution in [0.1, 0.15) is 37.8 Å². The zero-order chi connectivity index (χ0) is 20.5. The van der Waals surface area contributed by atoms with Crippen molar-refractivity contribution in [2.75, 3.05) is 21.3 Å². The molecular weight excluding hydrogens is 372 g/mol. The third-order valence-corrected chi connectivity index (χ3v) is 6.67. The molecule has 4 rings (SSSR count). The summed E-state index contributed by atoms with van der Waals surface area (Å²) in [5, 5.41) is 0.884. The van der Waals surface area contributed by atoms with Gasteiger partial charge in [-0.1, -0.05) is 6.42 Å². The molecule has 0 aliphatic heterocycles. The summed E-state index contributed by atoms with van der Waals surface area (Å²) in [5.41, 5.74) is 1.19. The average Bonchev–Trinajstić information content (AvgIpc) is 3.35. The van der Waals surface area contributed by atoms with Gasteiger partial charge in [-0.15, -0.1) is 0 Å². The molecule has 3 atom stereocenters. The minimum absolute atomic E-state index is 0.104. The number of rotatable bonds is 7. The normalized spacial score (nSPS) is 22.8. The Labute approximate surface area is 170 Å². The molecule has 0 spiro atoms. The van der Waals surface area contributed by atoms with E-state index in [1.54, 1.807) is 20.3 Å². The fourth-order valence-electron chi connectivity index (χ4n) is 5.21. The number of methoxy groups -OCH3 is 3. The van der Waals surface area contributed by atoms with Gasteiger partial charge in [-0.05, 0) is 49.5 Å². The molecule has 2 aliphatic rings. The van der Waals surface area contributed by atoms with Crippen LogP contribution in [0.2, 0.25) is 0 Å². The van der Waals surface area contributed by atoms with Gasteiger partial charge in [0.1, 0.15) is 0 Å². The minimum Gasteiger partial charge on any atom is -0.493 e. The first-order valence-electron chi connectivity index (χ1n) is 10.3. The summed E-state index contributed by atoms with van der Waals surface area (Å²) < 4.78 is 17.2. The van der Waals surface area contributed by atoms with Crippen molar-refractivity contribution in [1.29, 1.82) is 0 Å². The Morgan fingerprint density at radius 1 is 1.14 bits per heavy atom. The van der Waals surface area contributed by atoms with E-state index in [2.05, 4.69) is 4.98 Å². The molecule has 156 valence electrons. The Morgan fingerprint density at radius 2 is 1.90 bits per heavy atom. The number of esters is 1. The van der Waals surface area contributed by atoms with Crippen molar-refractivity contribution in [1.82, 2.24) is 9.55 Å². The van der Waals surface area contributed by atoms with E-state index in [4.69, 9.17) is 14.2 Å². The van der Waals surface area contributed by atoms with Crippen LogP contribution in [0.3, 0.4) is 0 Å². The first kappa shape index (κ1) is 19.7. The van der Waals surface area contributed by atoms with Crippen LogP contribution in [0, 0.1) is 17.8 Å². The van der Waals surface area contributed by atoms with E-state index in [1.807, 2.05) is 6.07 Å². The maximum Gasteiger partial charge on any atom is 0.348 e. The second kappa shape index (κ2) is 8.05. The Hall–Kier alpha value is -2.57. The average molecular weight is 400 g/mol. The first-order valence-corrected chi connectivity index (χ1v) is 10.3. The van der Waals surface area contributed by atoms with Gasteiger partial charge in [-0.3, -0.25) is 9.36 Å². The number of carbonyl (C=O) groups is 1. The highest BCUT2D eigenvalue weighted by Crippen LogP contribution is 2.49. The van der Waals surface area contributed by atoms with E-state index in [-0.39, 0.29) is 24.6 Å².